The van der Waals surface area contributed by atoms with Crippen molar-refractivity contribution >= 4 is 5.91 Å². The van der Waals surface area contributed by atoms with Crippen LogP contribution in [0, 0.1) is 0 Å². The molecule has 0 aromatic heterocycles. The zero-order valence-corrected chi connectivity index (χ0v) is 10.8. The quantitative estimate of drug-likeness (QED) is 0.676. The SMILES string of the molecule is CCCCNC(=O)C(C)N1CCNC(C)C1. The van der Waals surface area contributed by atoms with Crippen LogP contribution in [0.3, 0.4) is 0 Å². The van der Waals surface area contributed by atoms with Gasteiger partial charge in [-0.25, -0.2) is 0 Å². The molecule has 0 aromatic carbocycles. The zero-order chi connectivity index (χ0) is 12.0. The van der Waals surface area contributed by atoms with Crippen molar-refractivity contribution in [1.29, 1.82) is 0 Å². The second-order valence-electron chi connectivity index (χ2n) is 4.67. The van der Waals surface area contributed by atoms with Crippen molar-refractivity contribution in [3.8, 4) is 0 Å². The van der Waals surface area contributed by atoms with E-state index >= 15 is 0 Å². The van der Waals surface area contributed by atoms with Gasteiger partial charge in [0.15, 0.2) is 0 Å². The van der Waals surface area contributed by atoms with Crippen LogP contribution in [-0.4, -0.2) is 49.1 Å². The normalized spacial score (nSPS) is 24.1. The van der Waals surface area contributed by atoms with E-state index in [2.05, 4.69) is 29.4 Å². The summed E-state index contributed by atoms with van der Waals surface area (Å²) >= 11 is 0. The van der Waals surface area contributed by atoms with Crippen molar-refractivity contribution in [1.82, 2.24) is 15.5 Å². The van der Waals surface area contributed by atoms with E-state index in [1.807, 2.05) is 6.92 Å². The van der Waals surface area contributed by atoms with Gasteiger partial charge in [-0.1, -0.05) is 13.3 Å². The molecule has 0 aliphatic carbocycles. The maximum absolute atomic E-state index is 11.9. The number of nitrogens with one attached hydrogen (secondary N) is 2. The fourth-order valence-electron chi connectivity index (χ4n) is 2.02. The molecule has 1 aliphatic heterocycles. The summed E-state index contributed by atoms with van der Waals surface area (Å²) in [5, 5.41) is 6.38. The third-order valence-electron chi connectivity index (χ3n) is 3.16. The Labute approximate surface area is 98.8 Å². The maximum atomic E-state index is 11.9. The topological polar surface area (TPSA) is 44.4 Å². The lowest BCUT2D eigenvalue weighted by molar-refractivity contribution is -0.126. The molecule has 0 spiro atoms. The molecule has 0 bridgehead atoms. The Balaban J connectivity index is 2.31. The van der Waals surface area contributed by atoms with Crippen LogP contribution in [0.25, 0.3) is 0 Å². The molecule has 1 aliphatic rings. The van der Waals surface area contributed by atoms with E-state index in [-0.39, 0.29) is 11.9 Å². The average molecular weight is 227 g/mol. The third-order valence-corrected chi connectivity index (χ3v) is 3.16. The fourth-order valence-corrected chi connectivity index (χ4v) is 2.02. The van der Waals surface area contributed by atoms with Gasteiger partial charge in [0.1, 0.15) is 0 Å². The average Bonchev–Trinajstić information content (AvgIpc) is 2.28. The van der Waals surface area contributed by atoms with Gasteiger partial charge < -0.3 is 10.6 Å². The molecule has 2 atom stereocenters. The van der Waals surface area contributed by atoms with Crippen molar-refractivity contribution in [3.05, 3.63) is 0 Å². The van der Waals surface area contributed by atoms with Gasteiger partial charge in [0.2, 0.25) is 5.91 Å². The predicted molar refractivity (Wildman–Crippen MR) is 66.4 cm³/mol. The van der Waals surface area contributed by atoms with E-state index in [1.54, 1.807) is 0 Å². The molecule has 2 unspecified atom stereocenters. The summed E-state index contributed by atoms with van der Waals surface area (Å²) in [5.74, 6) is 0.169. The highest BCUT2D eigenvalue weighted by Crippen LogP contribution is 2.04. The summed E-state index contributed by atoms with van der Waals surface area (Å²) < 4.78 is 0. The first kappa shape index (κ1) is 13.5. The van der Waals surface area contributed by atoms with Crippen LogP contribution < -0.4 is 10.6 Å². The molecule has 2 N–H and O–H groups in total. The number of amides is 1. The highest BCUT2D eigenvalue weighted by molar-refractivity contribution is 5.81. The monoisotopic (exact) mass is 227 g/mol. The van der Waals surface area contributed by atoms with Crippen LogP contribution >= 0.6 is 0 Å². The Morgan fingerprint density at radius 1 is 1.62 bits per heavy atom. The molecule has 1 rings (SSSR count). The largest absolute Gasteiger partial charge is 0.355 e. The number of hydrogen-bond acceptors (Lipinski definition) is 3. The van der Waals surface area contributed by atoms with Gasteiger partial charge in [-0.15, -0.1) is 0 Å². The molecular weight excluding hydrogens is 202 g/mol. The minimum absolute atomic E-state index is 0.00130. The second-order valence-corrected chi connectivity index (χ2v) is 4.67. The van der Waals surface area contributed by atoms with Gasteiger partial charge in [-0.2, -0.15) is 0 Å². The van der Waals surface area contributed by atoms with Crippen molar-refractivity contribution in [3.63, 3.8) is 0 Å². The van der Waals surface area contributed by atoms with E-state index in [1.165, 1.54) is 0 Å². The molecule has 0 radical (unpaired) electrons. The number of hydrogen-bond donors (Lipinski definition) is 2. The predicted octanol–water partition coefficient (Wildman–Crippen LogP) is 0.585. The van der Waals surface area contributed by atoms with Gasteiger partial charge in [0.05, 0.1) is 6.04 Å². The molecule has 1 fully saturated rings. The minimum Gasteiger partial charge on any atom is -0.355 e. The molecule has 94 valence electrons. The first-order valence-electron chi connectivity index (χ1n) is 6.40. The maximum Gasteiger partial charge on any atom is 0.237 e. The van der Waals surface area contributed by atoms with E-state index in [0.29, 0.717) is 6.04 Å². The van der Waals surface area contributed by atoms with E-state index in [4.69, 9.17) is 0 Å². The van der Waals surface area contributed by atoms with Crippen molar-refractivity contribution in [2.75, 3.05) is 26.2 Å². The van der Waals surface area contributed by atoms with Crippen molar-refractivity contribution in [2.45, 2.75) is 45.7 Å². The highest BCUT2D eigenvalue weighted by atomic mass is 16.2. The van der Waals surface area contributed by atoms with E-state index < -0.39 is 0 Å². The van der Waals surface area contributed by atoms with Gasteiger partial charge in [0, 0.05) is 32.2 Å². The summed E-state index contributed by atoms with van der Waals surface area (Å²) in [5.41, 5.74) is 0. The number of rotatable bonds is 5. The number of carbonyl (C=O) groups excluding carboxylic acids is 1. The second kappa shape index (κ2) is 6.86. The third kappa shape index (κ3) is 4.10. The van der Waals surface area contributed by atoms with Crippen LogP contribution in [0.4, 0.5) is 0 Å². The number of nitrogens with zero attached hydrogens (tertiary/aromatic N) is 1. The summed E-state index contributed by atoms with van der Waals surface area (Å²) in [6.07, 6.45) is 2.19. The Bertz CT molecular complexity index is 220. The molecular formula is C12H25N3O. The van der Waals surface area contributed by atoms with Gasteiger partial charge in [0.25, 0.3) is 0 Å². The summed E-state index contributed by atoms with van der Waals surface area (Å²) in [7, 11) is 0. The lowest BCUT2D eigenvalue weighted by Crippen LogP contribution is -2.55. The van der Waals surface area contributed by atoms with Gasteiger partial charge in [-0.3, -0.25) is 9.69 Å². The summed E-state index contributed by atoms with van der Waals surface area (Å²) in [4.78, 5) is 14.1. The molecule has 0 saturated carbocycles. The van der Waals surface area contributed by atoms with Gasteiger partial charge >= 0.3 is 0 Å². The van der Waals surface area contributed by atoms with E-state index in [9.17, 15) is 4.79 Å². The van der Waals surface area contributed by atoms with Crippen LogP contribution in [-0.2, 0) is 4.79 Å². The number of unbranched alkanes of at least 4 members (excludes halogenated alkanes) is 1. The van der Waals surface area contributed by atoms with Crippen molar-refractivity contribution < 1.29 is 4.79 Å². The summed E-state index contributed by atoms with van der Waals surface area (Å²) in [6.45, 7) is 10.0. The standard InChI is InChI=1S/C12H25N3O/c1-4-5-6-14-12(16)11(3)15-8-7-13-10(2)9-15/h10-11,13H,4-9H2,1-3H3,(H,14,16). The fraction of sp³-hybridized carbons (Fsp3) is 0.917. The van der Waals surface area contributed by atoms with Crippen molar-refractivity contribution in [2.24, 2.45) is 0 Å². The number of piperazine rings is 1. The Kier molecular flexibility index (Phi) is 5.77. The first-order valence-corrected chi connectivity index (χ1v) is 6.40. The van der Waals surface area contributed by atoms with Crippen LogP contribution in [0.5, 0.6) is 0 Å². The first-order chi connectivity index (χ1) is 7.65. The highest BCUT2D eigenvalue weighted by Gasteiger charge is 2.24. The lowest BCUT2D eigenvalue weighted by atomic mass is 10.1. The van der Waals surface area contributed by atoms with Crippen LogP contribution in [0.2, 0.25) is 0 Å². The molecule has 16 heavy (non-hydrogen) atoms. The zero-order valence-electron chi connectivity index (χ0n) is 10.8. The van der Waals surface area contributed by atoms with Crippen LogP contribution in [0.15, 0.2) is 0 Å². The summed E-state index contributed by atoms with van der Waals surface area (Å²) in [6, 6.07) is 0.487. The molecule has 4 nitrogen and oxygen atoms in total. The smallest absolute Gasteiger partial charge is 0.237 e. The van der Waals surface area contributed by atoms with E-state index in [0.717, 1.165) is 39.0 Å². The van der Waals surface area contributed by atoms with Crippen LogP contribution in [0.1, 0.15) is 33.6 Å². The number of carbonyl (C=O) groups is 1. The molecule has 0 aromatic rings. The molecule has 1 saturated heterocycles. The minimum atomic E-state index is 0.00130. The molecule has 4 heteroatoms. The Morgan fingerprint density at radius 2 is 2.38 bits per heavy atom. The molecule has 1 heterocycles. The molecule has 1 amide bonds. The Hall–Kier alpha value is -0.610. The Morgan fingerprint density at radius 3 is 3.00 bits per heavy atom. The van der Waals surface area contributed by atoms with Gasteiger partial charge in [-0.05, 0) is 20.3 Å². The lowest BCUT2D eigenvalue weighted by Gasteiger charge is -2.35.